The number of hydrogen-bond donors (Lipinski definition) is 0. The molecule has 1 nitrogen and oxygen atoms in total. The molecule has 0 fully saturated rings. The number of rotatable bonds is 4. The Morgan fingerprint density at radius 3 is 1.52 bits per heavy atom. The van der Waals surface area contributed by atoms with Gasteiger partial charge >= 0.3 is 8.32 Å². The first-order chi connectivity index (χ1) is 12.8. The van der Waals surface area contributed by atoms with Crippen molar-refractivity contribution < 1.29 is 4.43 Å². The van der Waals surface area contributed by atoms with Crippen molar-refractivity contribution in [1.82, 2.24) is 0 Å². The van der Waals surface area contributed by atoms with Crippen LogP contribution in [0, 0.1) is 6.92 Å². The van der Waals surface area contributed by atoms with Gasteiger partial charge in [0.05, 0.1) is 8.95 Å². The van der Waals surface area contributed by atoms with Gasteiger partial charge in [-0.15, -0.1) is 0 Å². The molecule has 27 heavy (non-hydrogen) atoms. The van der Waals surface area contributed by atoms with Crippen LogP contribution in [0.1, 0.15) is 26.3 Å². The summed E-state index contributed by atoms with van der Waals surface area (Å²) in [5.41, 5.74) is 1.18. The monoisotopic (exact) mass is 502 g/mol. The molecular weight excluding hydrogens is 480 g/mol. The van der Waals surface area contributed by atoms with Gasteiger partial charge in [0.1, 0.15) is 5.75 Å². The van der Waals surface area contributed by atoms with Crippen molar-refractivity contribution in [2.45, 2.75) is 32.7 Å². The van der Waals surface area contributed by atoms with Crippen LogP contribution in [-0.4, -0.2) is 8.32 Å². The Morgan fingerprint density at radius 1 is 0.741 bits per heavy atom. The van der Waals surface area contributed by atoms with E-state index in [1.165, 1.54) is 15.9 Å². The van der Waals surface area contributed by atoms with Crippen molar-refractivity contribution in [2.75, 3.05) is 0 Å². The van der Waals surface area contributed by atoms with Crippen molar-refractivity contribution in [1.29, 1.82) is 0 Å². The Morgan fingerprint density at radius 2 is 1.15 bits per heavy atom. The summed E-state index contributed by atoms with van der Waals surface area (Å²) in [4.78, 5) is 0. The molecule has 0 aliphatic rings. The predicted molar refractivity (Wildman–Crippen MR) is 125 cm³/mol. The van der Waals surface area contributed by atoms with Gasteiger partial charge in [0.15, 0.2) is 0 Å². The summed E-state index contributed by atoms with van der Waals surface area (Å²) < 4.78 is 9.05. The highest BCUT2D eigenvalue weighted by atomic mass is 79.9. The van der Waals surface area contributed by atoms with E-state index in [-0.39, 0.29) is 5.04 Å². The van der Waals surface area contributed by atoms with Gasteiger partial charge in [0, 0.05) is 0 Å². The van der Waals surface area contributed by atoms with Gasteiger partial charge in [-0.2, -0.15) is 0 Å². The van der Waals surface area contributed by atoms with Gasteiger partial charge in [-0.3, -0.25) is 0 Å². The van der Waals surface area contributed by atoms with E-state index in [2.05, 4.69) is 132 Å². The normalized spacial score (nSPS) is 12.1. The van der Waals surface area contributed by atoms with E-state index in [0.29, 0.717) is 0 Å². The van der Waals surface area contributed by atoms with E-state index in [0.717, 1.165) is 14.7 Å². The lowest BCUT2D eigenvalue weighted by Gasteiger charge is -2.43. The standard InChI is InChI=1S/C23H24Br2OSi/c1-17-15-20(24)22(21(25)16-17)26-27(23(2,3)4,18-11-7-5-8-12-18)19-13-9-6-10-14-19/h5-16H,1-4H3. The molecule has 0 saturated carbocycles. The molecule has 0 aliphatic carbocycles. The largest absolute Gasteiger partial charge is 0.532 e. The van der Waals surface area contributed by atoms with E-state index < -0.39 is 8.32 Å². The quantitative estimate of drug-likeness (QED) is 0.371. The zero-order valence-corrected chi connectivity index (χ0v) is 20.3. The lowest BCUT2D eigenvalue weighted by molar-refractivity contribution is 0.503. The summed E-state index contributed by atoms with van der Waals surface area (Å²) in [5.74, 6) is 0.870. The van der Waals surface area contributed by atoms with Gasteiger partial charge in [-0.25, -0.2) is 0 Å². The van der Waals surface area contributed by atoms with Gasteiger partial charge in [0.2, 0.25) is 0 Å². The van der Waals surface area contributed by atoms with E-state index in [9.17, 15) is 0 Å². The maximum Gasteiger partial charge on any atom is 0.320 e. The first kappa shape index (κ1) is 20.4. The predicted octanol–water partition coefficient (Wildman–Crippen LogP) is 6.46. The molecule has 0 saturated heterocycles. The Bertz CT molecular complexity index is 856. The molecule has 3 rings (SSSR count). The van der Waals surface area contributed by atoms with Crippen LogP contribution in [0.15, 0.2) is 81.7 Å². The summed E-state index contributed by atoms with van der Waals surface area (Å²) in [6.45, 7) is 8.95. The molecule has 0 atom stereocenters. The minimum Gasteiger partial charge on any atom is -0.532 e. The lowest BCUT2D eigenvalue weighted by atomic mass is 10.2. The van der Waals surface area contributed by atoms with Crippen LogP contribution in [0.4, 0.5) is 0 Å². The fraction of sp³-hybridized carbons (Fsp3) is 0.217. The minimum absolute atomic E-state index is 0.0700. The third-order valence-corrected chi connectivity index (χ3v) is 10.9. The molecule has 0 aliphatic heterocycles. The number of benzene rings is 3. The Balaban J connectivity index is 2.31. The highest BCUT2D eigenvalue weighted by Gasteiger charge is 2.52. The average Bonchev–Trinajstić information content (AvgIpc) is 2.62. The van der Waals surface area contributed by atoms with Crippen LogP contribution >= 0.6 is 31.9 Å². The zero-order chi connectivity index (χ0) is 19.7. The third kappa shape index (κ3) is 3.94. The third-order valence-electron chi connectivity index (χ3n) is 4.81. The van der Waals surface area contributed by atoms with E-state index in [1.807, 2.05) is 0 Å². The molecule has 140 valence electrons. The van der Waals surface area contributed by atoms with Crippen LogP contribution in [0.5, 0.6) is 5.75 Å². The van der Waals surface area contributed by atoms with Crippen molar-refractivity contribution in [3.63, 3.8) is 0 Å². The second kappa shape index (κ2) is 7.94. The van der Waals surface area contributed by atoms with E-state index in [1.54, 1.807) is 0 Å². The van der Waals surface area contributed by atoms with Gasteiger partial charge in [-0.1, -0.05) is 81.4 Å². The highest BCUT2D eigenvalue weighted by Crippen LogP contribution is 2.42. The van der Waals surface area contributed by atoms with Crippen LogP contribution in [0.25, 0.3) is 0 Å². The SMILES string of the molecule is Cc1cc(Br)c(O[Si](c2ccccc2)(c2ccccc2)C(C)(C)C)c(Br)c1. The molecule has 4 heteroatoms. The van der Waals surface area contributed by atoms with E-state index in [4.69, 9.17) is 4.43 Å². The fourth-order valence-corrected chi connectivity index (χ4v) is 9.92. The van der Waals surface area contributed by atoms with Gasteiger partial charge < -0.3 is 4.43 Å². The Kier molecular flexibility index (Phi) is 5.99. The van der Waals surface area contributed by atoms with Crippen molar-refractivity contribution >= 4 is 50.6 Å². The Labute approximate surface area is 180 Å². The molecule has 3 aromatic carbocycles. The van der Waals surface area contributed by atoms with Crippen LogP contribution in [0.2, 0.25) is 5.04 Å². The smallest absolute Gasteiger partial charge is 0.320 e. The number of aryl methyl sites for hydroxylation is 1. The molecule has 0 radical (unpaired) electrons. The van der Waals surface area contributed by atoms with Crippen molar-refractivity contribution in [2.24, 2.45) is 0 Å². The molecule has 0 unspecified atom stereocenters. The lowest BCUT2D eigenvalue weighted by Crippen LogP contribution is -2.68. The molecule has 0 aromatic heterocycles. The van der Waals surface area contributed by atoms with Gasteiger partial charge in [-0.05, 0) is 71.9 Å². The average molecular weight is 504 g/mol. The summed E-state index contributed by atoms with van der Waals surface area (Å²) in [6.07, 6.45) is 0. The number of hydrogen-bond acceptors (Lipinski definition) is 1. The highest BCUT2D eigenvalue weighted by molar-refractivity contribution is 9.11. The summed E-state index contributed by atoms with van der Waals surface area (Å²) in [7, 11) is -2.63. The van der Waals surface area contributed by atoms with Crippen LogP contribution < -0.4 is 14.8 Å². The maximum absolute atomic E-state index is 7.10. The molecule has 0 heterocycles. The van der Waals surface area contributed by atoms with Crippen LogP contribution in [-0.2, 0) is 0 Å². The second-order valence-electron chi connectivity index (χ2n) is 7.82. The first-order valence-corrected chi connectivity index (χ1v) is 12.5. The molecule has 0 amide bonds. The van der Waals surface area contributed by atoms with Gasteiger partial charge in [0.25, 0.3) is 0 Å². The van der Waals surface area contributed by atoms with Crippen LogP contribution in [0.3, 0.4) is 0 Å². The van der Waals surface area contributed by atoms with Crippen molar-refractivity contribution in [3.8, 4) is 5.75 Å². The Hall–Kier alpha value is -1.36. The summed E-state index contributed by atoms with van der Waals surface area (Å²) >= 11 is 7.46. The first-order valence-electron chi connectivity index (χ1n) is 9.01. The summed E-state index contributed by atoms with van der Waals surface area (Å²) in [5, 5.41) is 2.46. The zero-order valence-electron chi connectivity index (χ0n) is 16.1. The molecular formula is C23H24Br2OSi. The molecule has 0 spiro atoms. The summed E-state index contributed by atoms with van der Waals surface area (Å²) in [6, 6.07) is 25.6. The molecule has 3 aromatic rings. The van der Waals surface area contributed by atoms with Crippen molar-refractivity contribution in [3.05, 3.63) is 87.3 Å². The minimum atomic E-state index is -2.63. The molecule has 0 N–H and O–H groups in total. The van der Waals surface area contributed by atoms with E-state index >= 15 is 0 Å². The topological polar surface area (TPSA) is 9.23 Å². The fourth-order valence-electron chi connectivity index (χ4n) is 3.59. The molecule has 0 bridgehead atoms. The second-order valence-corrected chi connectivity index (χ2v) is 13.8. The maximum atomic E-state index is 7.10. The number of halogens is 2.